The average molecular weight is 434 g/mol. The van der Waals surface area contributed by atoms with E-state index in [2.05, 4.69) is 0 Å². The molecule has 0 atom stereocenters. The van der Waals surface area contributed by atoms with E-state index < -0.39 is 24.4 Å². The summed E-state index contributed by atoms with van der Waals surface area (Å²) < 4.78 is 5.11. The van der Waals surface area contributed by atoms with E-state index in [1.807, 2.05) is 6.92 Å². The number of ether oxygens (including phenoxy) is 1. The second-order valence-electron chi connectivity index (χ2n) is 7.05. The van der Waals surface area contributed by atoms with Crippen molar-refractivity contribution in [1.29, 1.82) is 0 Å². The van der Waals surface area contributed by atoms with Gasteiger partial charge in [-0.25, -0.2) is 9.69 Å². The van der Waals surface area contributed by atoms with E-state index in [9.17, 15) is 19.2 Å². The Kier molecular flexibility index (Phi) is 5.40. The van der Waals surface area contributed by atoms with Gasteiger partial charge in [-0.3, -0.25) is 14.4 Å². The molecule has 0 fully saturated rings. The van der Waals surface area contributed by atoms with E-state index in [0.29, 0.717) is 16.3 Å². The summed E-state index contributed by atoms with van der Waals surface area (Å²) in [6, 6.07) is 17.3. The van der Waals surface area contributed by atoms with Crippen LogP contribution >= 0.6 is 11.6 Å². The number of aryl methyl sites for hydroxylation is 1. The number of hydrogen-bond donors (Lipinski definition) is 0. The topological polar surface area (TPSA) is 80.8 Å². The van der Waals surface area contributed by atoms with Gasteiger partial charge in [0.2, 0.25) is 0 Å². The fourth-order valence-corrected chi connectivity index (χ4v) is 3.36. The van der Waals surface area contributed by atoms with Gasteiger partial charge in [-0.2, -0.15) is 0 Å². The molecule has 0 aliphatic carbocycles. The summed E-state index contributed by atoms with van der Waals surface area (Å²) in [5.74, 6) is -2.13. The Morgan fingerprint density at radius 3 is 2.13 bits per heavy atom. The minimum absolute atomic E-state index is 0.0783. The molecule has 4 rings (SSSR count). The lowest BCUT2D eigenvalue weighted by Gasteiger charge is -2.13. The Morgan fingerprint density at radius 1 is 0.839 bits per heavy atom. The van der Waals surface area contributed by atoms with Crippen LogP contribution in [0.4, 0.5) is 5.69 Å². The SMILES string of the molecule is Cc1ccc(C(=O)COC(=O)c2ccc3c(c2)C(=O)N(c2ccc(Cl)cc2)C3=O)cc1. The number of amides is 2. The molecule has 3 aromatic carbocycles. The Balaban J connectivity index is 1.50. The summed E-state index contributed by atoms with van der Waals surface area (Å²) in [6.45, 7) is 1.48. The molecule has 6 nitrogen and oxygen atoms in total. The third-order valence-electron chi connectivity index (χ3n) is 4.91. The molecule has 0 spiro atoms. The monoisotopic (exact) mass is 433 g/mol. The first kappa shape index (κ1) is 20.5. The van der Waals surface area contributed by atoms with E-state index in [1.165, 1.54) is 18.2 Å². The number of esters is 1. The number of rotatable bonds is 5. The van der Waals surface area contributed by atoms with Gasteiger partial charge in [-0.05, 0) is 49.4 Å². The van der Waals surface area contributed by atoms with Crippen LogP contribution in [0.15, 0.2) is 66.7 Å². The summed E-state index contributed by atoms with van der Waals surface area (Å²) in [4.78, 5) is 51.1. The van der Waals surface area contributed by atoms with E-state index in [0.717, 1.165) is 10.5 Å². The number of Topliss-reactive ketones (excluding diaryl/α,β-unsaturated/α-hetero) is 1. The molecule has 1 aliphatic heterocycles. The normalized spacial score (nSPS) is 12.6. The molecule has 0 aromatic heterocycles. The van der Waals surface area contributed by atoms with Gasteiger partial charge in [-0.15, -0.1) is 0 Å². The zero-order valence-electron chi connectivity index (χ0n) is 16.4. The molecule has 3 aromatic rings. The minimum atomic E-state index is -0.756. The summed E-state index contributed by atoms with van der Waals surface area (Å²) in [7, 11) is 0. The maximum absolute atomic E-state index is 12.8. The molecule has 0 bridgehead atoms. The molecule has 1 heterocycles. The van der Waals surface area contributed by atoms with Gasteiger partial charge < -0.3 is 4.74 Å². The number of hydrogen-bond acceptors (Lipinski definition) is 5. The second kappa shape index (κ2) is 8.16. The van der Waals surface area contributed by atoms with Crippen LogP contribution in [0.3, 0.4) is 0 Å². The summed E-state index contributed by atoms with van der Waals surface area (Å²) in [6.07, 6.45) is 0. The summed E-state index contributed by atoms with van der Waals surface area (Å²) >= 11 is 5.87. The third kappa shape index (κ3) is 3.98. The molecule has 154 valence electrons. The standard InChI is InChI=1S/C24H16ClNO5/c1-14-2-4-15(5-3-14)21(27)13-31-24(30)16-6-11-19-20(12-16)23(29)26(22(19)28)18-9-7-17(25)8-10-18/h2-12H,13H2,1H3. The van der Waals surface area contributed by atoms with Gasteiger partial charge in [0.1, 0.15) is 0 Å². The number of nitrogens with zero attached hydrogens (tertiary/aromatic N) is 1. The van der Waals surface area contributed by atoms with Crippen molar-refractivity contribution in [2.75, 3.05) is 11.5 Å². The van der Waals surface area contributed by atoms with E-state index in [4.69, 9.17) is 16.3 Å². The van der Waals surface area contributed by atoms with Crippen LogP contribution in [-0.2, 0) is 4.74 Å². The van der Waals surface area contributed by atoms with Crippen molar-refractivity contribution in [3.05, 3.63) is 99.6 Å². The Hall–Kier alpha value is -3.77. The molecule has 31 heavy (non-hydrogen) atoms. The average Bonchev–Trinajstić information content (AvgIpc) is 3.02. The number of benzene rings is 3. The Morgan fingerprint density at radius 2 is 1.45 bits per heavy atom. The van der Waals surface area contributed by atoms with Crippen molar-refractivity contribution < 1.29 is 23.9 Å². The quantitative estimate of drug-likeness (QED) is 0.336. The summed E-state index contributed by atoms with van der Waals surface area (Å²) in [5.41, 5.74) is 2.19. The van der Waals surface area contributed by atoms with Crippen molar-refractivity contribution in [2.45, 2.75) is 6.92 Å². The van der Waals surface area contributed by atoms with Crippen molar-refractivity contribution in [3.8, 4) is 0 Å². The van der Waals surface area contributed by atoms with Crippen LogP contribution in [0.2, 0.25) is 5.02 Å². The Labute approximate surface area is 183 Å². The van der Waals surface area contributed by atoms with Crippen molar-refractivity contribution in [2.24, 2.45) is 0 Å². The molecule has 0 saturated carbocycles. The molecule has 0 saturated heterocycles. The number of halogens is 1. The van der Waals surface area contributed by atoms with E-state index >= 15 is 0 Å². The lowest BCUT2D eigenvalue weighted by Crippen LogP contribution is -2.29. The molecule has 7 heteroatoms. The van der Waals surface area contributed by atoms with Crippen molar-refractivity contribution >= 4 is 40.9 Å². The van der Waals surface area contributed by atoms with Gasteiger partial charge in [0, 0.05) is 10.6 Å². The summed E-state index contributed by atoms with van der Waals surface area (Å²) in [5, 5.41) is 0.477. The minimum Gasteiger partial charge on any atom is -0.454 e. The zero-order valence-corrected chi connectivity index (χ0v) is 17.2. The largest absolute Gasteiger partial charge is 0.454 e. The van der Waals surface area contributed by atoms with Crippen LogP contribution in [0.5, 0.6) is 0 Å². The predicted molar refractivity (Wildman–Crippen MR) is 115 cm³/mol. The first-order valence-electron chi connectivity index (χ1n) is 9.40. The molecule has 0 N–H and O–H groups in total. The van der Waals surface area contributed by atoms with Gasteiger partial charge in [0.15, 0.2) is 12.4 Å². The highest BCUT2D eigenvalue weighted by atomic mass is 35.5. The van der Waals surface area contributed by atoms with Gasteiger partial charge in [0.25, 0.3) is 11.8 Å². The van der Waals surface area contributed by atoms with Crippen molar-refractivity contribution in [3.63, 3.8) is 0 Å². The van der Waals surface area contributed by atoms with Crippen LogP contribution in [-0.4, -0.2) is 30.2 Å². The first-order valence-corrected chi connectivity index (χ1v) is 9.78. The lowest BCUT2D eigenvalue weighted by atomic mass is 10.1. The Bertz CT molecular complexity index is 1220. The molecule has 2 amide bonds. The first-order chi connectivity index (χ1) is 14.8. The molecule has 0 radical (unpaired) electrons. The highest BCUT2D eigenvalue weighted by molar-refractivity contribution is 6.35. The highest BCUT2D eigenvalue weighted by Crippen LogP contribution is 2.30. The van der Waals surface area contributed by atoms with E-state index in [-0.39, 0.29) is 22.5 Å². The fraction of sp³-hybridized carbons (Fsp3) is 0.0833. The zero-order chi connectivity index (χ0) is 22.1. The second-order valence-corrected chi connectivity index (χ2v) is 7.48. The molecular formula is C24H16ClNO5. The number of carbonyl (C=O) groups excluding carboxylic acids is 4. The van der Waals surface area contributed by atoms with Crippen molar-refractivity contribution in [1.82, 2.24) is 0 Å². The van der Waals surface area contributed by atoms with Crippen LogP contribution in [0.25, 0.3) is 0 Å². The molecule has 1 aliphatic rings. The molecular weight excluding hydrogens is 418 g/mol. The number of imide groups is 1. The number of ketones is 1. The number of carbonyl (C=O) groups is 4. The maximum atomic E-state index is 12.8. The highest BCUT2D eigenvalue weighted by Gasteiger charge is 2.37. The molecule has 0 unspecified atom stereocenters. The van der Waals surface area contributed by atoms with Gasteiger partial charge in [-0.1, -0.05) is 41.4 Å². The maximum Gasteiger partial charge on any atom is 0.338 e. The predicted octanol–water partition coefficient (Wildman–Crippen LogP) is 4.49. The number of anilines is 1. The van der Waals surface area contributed by atoms with E-state index in [1.54, 1.807) is 48.5 Å². The lowest BCUT2D eigenvalue weighted by molar-refractivity contribution is 0.0474. The smallest absolute Gasteiger partial charge is 0.338 e. The third-order valence-corrected chi connectivity index (χ3v) is 5.17. The number of fused-ring (bicyclic) bond motifs is 1. The van der Waals surface area contributed by atoms with Crippen LogP contribution in [0.1, 0.15) is 47.0 Å². The van der Waals surface area contributed by atoms with Crippen LogP contribution in [0, 0.1) is 6.92 Å². The van der Waals surface area contributed by atoms with Gasteiger partial charge >= 0.3 is 5.97 Å². The van der Waals surface area contributed by atoms with Gasteiger partial charge in [0.05, 0.1) is 22.4 Å². The van der Waals surface area contributed by atoms with Crippen LogP contribution < -0.4 is 4.90 Å². The fourth-order valence-electron chi connectivity index (χ4n) is 3.23.